The van der Waals surface area contributed by atoms with Gasteiger partial charge in [0.25, 0.3) is 0 Å². The number of piperazine rings is 1. The highest BCUT2D eigenvalue weighted by molar-refractivity contribution is 4.88. The summed E-state index contributed by atoms with van der Waals surface area (Å²) >= 11 is 0. The fourth-order valence-electron chi connectivity index (χ4n) is 3.10. The lowest BCUT2D eigenvalue weighted by Crippen LogP contribution is -2.59. The number of hydrogen-bond acceptors (Lipinski definition) is 3. The Morgan fingerprint density at radius 2 is 2.29 bits per heavy atom. The number of nitrogens with one attached hydrogen (secondary N) is 1. The molecule has 0 aromatic rings. The minimum atomic E-state index is 0.492. The van der Waals surface area contributed by atoms with Crippen molar-refractivity contribution in [1.29, 1.82) is 0 Å². The Balaban J connectivity index is 1.92. The first-order valence-electron chi connectivity index (χ1n) is 7.29. The third-order valence-corrected chi connectivity index (χ3v) is 4.42. The van der Waals surface area contributed by atoms with E-state index < -0.39 is 0 Å². The largest absolute Gasteiger partial charge is 0.377 e. The van der Waals surface area contributed by atoms with Crippen LogP contribution in [0.5, 0.6) is 0 Å². The van der Waals surface area contributed by atoms with Gasteiger partial charge in [0, 0.05) is 38.3 Å². The second-order valence-electron chi connectivity index (χ2n) is 5.85. The van der Waals surface area contributed by atoms with Crippen molar-refractivity contribution in [1.82, 2.24) is 10.2 Å². The molecule has 0 bridgehead atoms. The highest BCUT2D eigenvalue weighted by Gasteiger charge is 2.31. The van der Waals surface area contributed by atoms with Gasteiger partial charge in [-0.1, -0.05) is 20.3 Å². The predicted molar refractivity (Wildman–Crippen MR) is 71.3 cm³/mol. The van der Waals surface area contributed by atoms with Crippen molar-refractivity contribution in [2.45, 2.75) is 58.2 Å². The highest BCUT2D eigenvalue weighted by atomic mass is 16.5. The summed E-state index contributed by atoms with van der Waals surface area (Å²) in [6.07, 6.45) is 4.26. The van der Waals surface area contributed by atoms with Gasteiger partial charge in [0.15, 0.2) is 0 Å². The lowest BCUT2D eigenvalue weighted by Gasteiger charge is -2.43. The number of rotatable bonds is 4. The molecule has 0 aliphatic carbocycles. The second-order valence-corrected chi connectivity index (χ2v) is 5.85. The van der Waals surface area contributed by atoms with E-state index in [1.165, 1.54) is 25.8 Å². The summed E-state index contributed by atoms with van der Waals surface area (Å²) in [7, 11) is 0. The average molecular weight is 240 g/mol. The van der Waals surface area contributed by atoms with Crippen LogP contribution in [-0.2, 0) is 4.74 Å². The van der Waals surface area contributed by atoms with Gasteiger partial charge in [0.05, 0.1) is 6.10 Å². The van der Waals surface area contributed by atoms with E-state index in [2.05, 4.69) is 31.0 Å². The van der Waals surface area contributed by atoms with Gasteiger partial charge in [0.1, 0.15) is 0 Å². The Hall–Kier alpha value is -0.120. The zero-order chi connectivity index (χ0) is 12.3. The van der Waals surface area contributed by atoms with Gasteiger partial charge in [-0.15, -0.1) is 0 Å². The molecule has 0 aromatic heterocycles. The Morgan fingerprint density at radius 3 is 2.94 bits per heavy atom. The monoisotopic (exact) mass is 240 g/mol. The molecular weight excluding hydrogens is 212 g/mol. The number of nitrogens with zero attached hydrogens (tertiary/aromatic N) is 1. The summed E-state index contributed by atoms with van der Waals surface area (Å²) in [5.74, 6) is 0.774. The van der Waals surface area contributed by atoms with E-state index in [0.29, 0.717) is 18.2 Å². The Bertz CT molecular complexity index is 228. The molecule has 4 atom stereocenters. The molecule has 2 saturated heterocycles. The van der Waals surface area contributed by atoms with E-state index in [9.17, 15) is 0 Å². The minimum absolute atomic E-state index is 0.492. The fourth-order valence-corrected chi connectivity index (χ4v) is 3.10. The van der Waals surface area contributed by atoms with Crippen LogP contribution in [-0.4, -0.2) is 49.3 Å². The lowest BCUT2D eigenvalue weighted by atomic mass is 9.94. The molecule has 3 nitrogen and oxygen atoms in total. The molecule has 0 aromatic carbocycles. The van der Waals surface area contributed by atoms with Crippen LogP contribution in [0.4, 0.5) is 0 Å². The fraction of sp³-hybridized carbons (Fsp3) is 1.00. The smallest absolute Gasteiger partial charge is 0.0702 e. The molecule has 3 heteroatoms. The quantitative estimate of drug-likeness (QED) is 0.812. The molecule has 2 aliphatic heterocycles. The van der Waals surface area contributed by atoms with E-state index in [1.807, 2.05) is 0 Å². The maximum absolute atomic E-state index is 5.79. The van der Waals surface area contributed by atoms with Gasteiger partial charge in [0.2, 0.25) is 0 Å². The van der Waals surface area contributed by atoms with Crippen LogP contribution in [0.1, 0.15) is 40.0 Å². The Kier molecular flexibility index (Phi) is 4.83. The van der Waals surface area contributed by atoms with Crippen molar-refractivity contribution in [2.75, 3.05) is 26.2 Å². The molecule has 17 heavy (non-hydrogen) atoms. The maximum Gasteiger partial charge on any atom is 0.0702 e. The van der Waals surface area contributed by atoms with Crippen LogP contribution in [0, 0.1) is 5.92 Å². The average Bonchev–Trinajstić information content (AvgIpc) is 2.81. The molecule has 1 N–H and O–H groups in total. The van der Waals surface area contributed by atoms with Crippen molar-refractivity contribution >= 4 is 0 Å². The van der Waals surface area contributed by atoms with Gasteiger partial charge in [-0.25, -0.2) is 0 Å². The van der Waals surface area contributed by atoms with Crippen molar-refractivity contribution in [3.63, 3.8) is 0 Å². The SMILES string of the molecule is CCC(C)C1CNC(C)CN1CC1CCCO1. The summed E-state index contributed by atoms with van der Waals surface area (Å²) < 4.78 is 5.79. The van der Waals surface area contributed by atoms with Gasteiger partial charge in [-0.05, 0) is 25.7 Å². The molecule has 2 fully saturated rings. The highest BCUT2D eigenvalue weighted by Crippen LogP contribution is 2.21. The van der Waals surface area contributed by atoms with Crippen molar-refractivity contribution in [3.05, 3.63) is 0 Å². The molecule has 4 unspecified atom stereocenters. The van der Waals surface area contributed by atoms with Crippen LogP contribution < -0.4 is 5.32 Å². The first kappa shape index (κ1) is 13.3. The van der Waals surface area contributed by atoms with Crippen LogP contribution in [0.15, 0.2) is 0 Å². The van der Waals surface area contributed by atoms with Crippen molar-refractivity contribution in [3.8, 4) is 0 Å². The lowest BCUT2D eigenvalue weighted by molar-refractivity contribution is 0.0260. The third-order valence-electron chi connectivity index (χ3n) is 4.42. The first-order valence-corrected chi connectivity index (χ1v) is 7.29. The van der Waals surface area contributed by atoms with Crippen molar-refractivity contribution in [2.24, 2.45) is 5.92 Å². The normalized spacial score (nSPS) is 37.2. The van der Waals surface area contributed by atoms with Gasteiger partial charge in [-0.2, -0.15) is 0 Å². The van der Waals surface area contributed by atoms with Crippen LogP contribution in [0.2, 0.25) is 0 Å². The molecule has 2 rings (SSSR count). The molecule has 2 aliphatic rings. The number of ether oxygens (including phenoxy) is 1. The molecule has 0 radical (unpaired) electrons. The molecular formula is C14H28N2O. The molecule has 100 valence electrons. The topological polar surface area (TPSA) is 24.5 Å². The van der Waals surface area contributed by atoms with E-state index in [1.54, 1.807) is 0 Å². The third kappa shape index (κ3) is 3.43. The first-order chi connectivity index (χ1) is 8.20. The zero-order valence-corrected chi connectivity index (χ0v) is 11.6. The second kappa shape index (κ2) is 6.17. The standard InChI is InChI=1S/C14H28N2O/c1-4-11(2)14-8-15-12(3)9-16(14)10-13-6-5-7-17-13/h11-15H,4-10H2,1-3H3. The van der Waals surface area contributed by atoms with Crippen molar-refractivity contribution < 1.29 is 4.74 Å². The molecule has 0 saturated carbocycles. The molecule has 0 spiro atoms. The molecule has 2 heterocycles. The van der Waals surface area contributed by atoms with Gasteiger partial charge >= 0.3 is 0 Å². The van der Waals surface area contributed by atoms with Crippen LogP contribution in [0.3, 0.4) is 0 Å². The van der Waals surface area contributed by atoms with E-state index in [0.717, 1.165) is 25.6 Å². The van der Waals surface area contributed by atoms with E-state index in [-0.39, 0.29) is 0 Å². The Labute approximate surface area is 106 Å². The van der Waals surface area contributed by atoms with Gasteiger partial charge in [-0.3, -0.25) is 4.90 Å². The maximum atomic E-state index is 5.79. The summed E-state index contributed by atoms with van der Waals surface area (Å²) in [5.41, 5.74) is 0. The van der Waals surface area contributed by atoms with Gasteiger partial charge < -0.3 is 10.1 Å². The minimum Gasteiger partial charge on any atom is -0.377 e. The zero-order valence-electron chi connectivity index (χ0n) is 11.6. The molecule has 0 amide bonds. The Morgan fingerprint density at radius 1 is 1.47 bits per heavy atom. The van der Waals surface area contributed by atoms with E-state index in [4.69, 9.17) is 4.74 Å². The summed E-state index contributed by atoms with van der Waals surface area (Å²) in [6.45, 7) is 11.4. The summed E-state index contributed by atoms with van der Waals surface area (Å²) in [6, 6.07) is 1.32. The summed E-state index contributed by atoms with van der Waals surface area (Å²) in [5, 5.41) is 3.62. The van der Waals surface area contributed by atoms with E-state index >= 15 is 0 Å². The summed E-state index contributed by atoms with van der Waals surface area (Å²) in [4.78, 5) is 2.67. The number of hydrogen-bond donors (Lipinski definition) is 1. The van der Waals surface area contributed by atoms with Crippen LogP contribution >= 0.6 is 0 Å². The van der Waals surface area contributed by atoms with Crippen LogP contribution in [0.25, 0.3) is 0 Å². The predicted octanol–water partition coefficient (Wildman–Crippen LogP) is 1.87.